The number of benzene rings is 3. The Balaban J connectivity index is 1.55. The van der Waals surface area contributed by atoms with E-state index in [1.165, 1.54) is 0 Å². The van der Waals surface area contributed by atoms with Gasteiger partial charge in [-0.15, -0.1) is 0 Å². The molecule has 4 rings (SSSR count). The van der Waals surface area contributed by atoms with E-state index < -0.39 is 0 Å². The van der Waals surface area contributed by atoms with Gasteiger partial charge in [-0.3, -0.25) is 9.59 Å². The lowest BCUT2D eigenvalue weighted by Crippen LogP contribution is -2.44. The summed E-state index contributed by atoms with van der Waals surface area (Å²) in [5, 5.41) is 6.37. The Morgan fingerprint density at radius 3 is 2.55 bits per heavy atom. The zero-order chi connectivity index (χ0) is 27.1. The van der Waals surface area contributed by atoms with Crippen molar-refractivity contribution in [2.24, 2.45) is 5.92 Å². The molecule has 3 aromatic carbocycles. The van der Waals surface area contributed by atoms with Gasteiger partial charge in [0.1, 0.15) is 23.9 Å². The highest BCUT2D eigenvalue weighted by molar-refractivity contribution is 6.05. The molecule has 1 aliphatic heterocycles. The molecule has 0 saturated heterocycles. The van der Waals surface area contributed by atoms with E-state index in [1.54, 1.807) is 61.5 Å². The molecule has 1 heterocycles. The number of hydrogen-bond donors (Lipinski definition) is 2. The Morgan fingerprint density at radius 2 is 1.79 bits per heavy atom. The van der Waals surface area contributed by atoms with Crippen LogP contribution in [0.4, 0.5) is 5.69 Å². The van der Waals surface area contributed by atoms with Crippen LogP contribution in [0, 0.1) is 5.92 Å². The largest absolute Gasteiger partial charge is 0.491 e. The SMILES string of the molecule is CO[C@H]1CN(C)C(=O)c2cc(NC(=O)c3cccc(Oc4ccccc4)c3)ccc2OC[C@@H](C)NC[C@@H]1C. The number of fused-ring (bicyclic) bond motifs is 1. The van der Waals surface area contributed by atoms with Gasteiger partial charge in [0.05, 0.1) is 11.7 Å². The molecular weight excluding hydrogens is 482 g/mol. The summed E-state index contributed by atoms with van der Waals surface area (Å²) in [5.74, 6) is 1.38. The molecule has 0 aromatic heterocycles. The van der Waals surface area contributed by atoms with Gasteiger partial charge in [0.2, 0.25) is 0 Å². The number of amides is 2. The van der Waals surface area contributed by atoms with Gasteiger partial charge < -0.3 is 29.7 Å². The van der Waals surface area contributed by atoms with Crippen LogP contribution in [0.25, 0.3) is 0 Å². The van der Waals surface area contributed by atoms with Crippen LogP contribution in [0.5, 0.6) is 17.2 Å². The molecule has 2 amide bonds. The standard InChI is InChI=1S/C30H35N3O5/c1-20-17-31-21(2)19-37-27-14-13-23(16-26(27)30(35)33(3)18-28(20)36-4)32-29(34)22-9-8-12-25(15-22)38-24-10-6-5-7-11-24/h5-16,20-21,28,31H,17-19H2,1-4H3,(H,32,34)/t20-,21+,28-/m0/s1. The van der Waals surface area contributed by atoms with Gasteiger partial charge in [-0.25, -0.2) is 0 Å². The number of para-hydroxylation sites is 1. The van der Waals surface area contributed by atoms with Crippen LogP contribution in [-0.2, 0) is 4.74 Å². The fourth-order valence-corrected chi connectivity index (χ4v) is 4.27. The minimum Gasteiger partial charge on any atom is -0.491 e. The fraction of sp³-hybridized carbons (Fsp3) is 0.333. The predicted octanol–water partition coefficient (Wildman–Crippen LogP) is 4.82. The van der Waals surface area contributed by atoms with Gasteiger partial charge in [0.15, 0.2) is 0 Å². The van der Waals surface area contributed by atoms with Crippen molar-refractivity contribution >= 4 is 17.5 Å². The average Bonchev–Trinajstić information content (AvgIpc) is 2.93. The molecule has 0 aliphatic carbocycles. The summed E-state index contributed by atoms with van der Waals surface area (Å²) >= 11 is 0. The van der Waals surface area contributed by atoms with Crippen molar-refractivity contribution in [1.29, 1.82) is 0 Å². The van der Waals surface area contributed by atoms with Crippen LogP contribution in [0.2, 0.25) is 0 Å². The first-order valence-corrected chi connectivity index (χ1v) is 12.8. The number of nitrogens with zero attached hydrogens (tertiary/aromatic N) is 1. The third-order valence-corrected chi connectivity index (χ3v) is 6.56. The Hall–Kier alpha value is -3.88. The topological polar surface area (TPSA) is 89.1 Å². The molecule has 0 bridgehead atoms. The zero-order valence-corrected chi connectivity index (χ0v) is 22.3. The summed E-state index contributed by atoms with van der Waals surface area (Å²) < 4.78 is 17.6. The lowest BCUT2D eigenvalue weighted by atomic mass is 10.0. The van der Waals surface area contributed by atoms with Crippen LogP contribution < -0.4 is 20.1 Å². The molecule has 2 N–H and O–H groups in total. The lowest BCUT2D eigenvalue weighted by Gasteiger charge is -2.30. The first-order valence-electron chi connectivity index (χ1n) is 12.8. The highest BCUT2D eigenvalue weighted by atomic mass is 16.5. The Bertz CT molecular complexity index is 1250. The van der Waals surface area contributed by atoms with E-state index in [0.717, 1.165) is 6.54 Å². The minimum atomic E-state index is -0.315. The van der Waals surface area contributed by atoms with Crippen LogP contribution >= 0.6 is 0 Å². The second-order valence-corrected chi connectivity index (χ2v) is 9.67. The summed E-state index contributed by atoms with van der Waals surface area (Å²) in [4.78, 5) is 28.2. The molecule has 8 nitrogen and oxygen atoms in total. The van der Waals surface area contributed by atoms with Crippen molar-refractivity contribution in [2.45, 2.75) is 26.0 Å². The zero-order valence-electron chi connectivity index (χ0n) is 22.3. The Kier molecular flexibility index (Phi) is 8.99. The molecule has 0 saturated carbocycles. The Labute approximate surface area is 223 Å². The molecular formula is C30H35N3O5. The second kappa shape index (κ2) is 12.6. The number of carbonyl (C=O) groups is 2. The van der Waals surface area contributed by atoms with E-state index in [4.69, 9.17) is 14.2 Å². The number of hydrogen-bond acceptors (Lipinski definition) is 6. The van der Waals surface area contributed by atoms with Gasteiger partial charge in [-0.1, -0.05) is 31.2 Å². The molecule has 3 aromatic rings. The van der Waals surface area contributed by atoms with Gasteiger partial charge >= 0.3 is 0 Å². The molecule has 1 aliphatic rings. The molecule has 8 heteroatoms. The van der Waals surface area contributed by atoms with Crippen molar-refractivity contribution in [2.75, 3.05) is 39.2 Å². The molecule has 200 valence electrons. The molecule has 0 unspecified atom stereocenters. The van der Waals surface area contributed by atoms with Gasteiger partial charge in [0, 0.05) is 44.5 Å². The molecule has 38 heavy (non-hydrogen) atoms. The van der Waals surface area contributed by atoms with Crippen molar-refractivity contribution in [3.05, 3.63) is 83.9 Å². The first-order chi connectivity index (χ1) is 18.3. The number of methoxy groups -OCH3 is 1. The normalized spacial score (nSPS) is 20.4. The summed E-state index contributed by atoms with van der Waals surface area (Å²) in [6.45, 7) is 5.71. The van der Waals surface area contributed by atoms with Crippen LogP contribution in [0.15, 0.2) is 72.8 Å². The Morgan fingerprint density at radius 1 is 1.03 bits per heavy atom. The van der Waals surface area contributed by atoms with Crippen LogP contribution in [0.1, 0.15) is 34.6 Å². The van der Waals surface area contributed by atoms with Crippen LogP contribution in [-0.4, -0.2) is 62.7 Å². The van der Waals surface area contributed by atoms with Crippen molar-refractivity contribution in [3.8, 4) is 17.2 Å². The quantitative estimate of drug-likeness (QED) is 0.504. The average molecular weight is 518 g/mol. The van der Waals surface area contributed by atoms with E-state index in [9.17, 15) is 9.59 Å². The third kappa shape index (κ3) is 6.90. The van der Waals surface area contributed by atoms with E-state index in [-0.39, 0.29) is 29.9 Å². The smallest absolute Gasteiger partial charge is 0.257 e. The summed E-state index contributed by atoms with van der Waals surface area (Å²) in [7, 11) is 3.41. The van der Waals surface area contributed by atoms with Crippen LogP contribution in [0.3, 0.4) is 0 Å². The number of ether oxygens (including phenoxy) is 3. The van der Waals surface area contributed by atoms with E-state index in [0.29, 0.717) is 47.2 Å². The monoisotopic (exact) mass is 517 g/mol. The molecule has 0 spiro atoms. The first kappa shape index (κ1) is 27.2. The number of carbonyl (C=O) groups excluding carboxylic acids is 2. The van der Waals surface area contributed by atoms with Crippen molar-refractivity contribution < 1.29 is 23.8 Å². The maximum atomic E-state index is 13.5. The van der Waals surface area contributed by atoms with Gasteiger partial charge in [-0.2, -0.15) is 0 Å². The second-order valence-electron chi connectivity index (χ2n) is 9.67. The van der Waals surface area contributed by atoms with Gasteiger partial charge in [-0.05, 0) is 61.4 Å². The predicted molar refractivity (Wildman–Crippen MR) is 147 cm³/mol. The fourth-order valence-electron chi connectivity index (χ4n) is 4.27. The number of anilines is 1. The molecule has 3 atom stereocenters. The van der Waals surface area contributed by atoms with Crippen molar-refractivity contribution in [1.82, 2.24) is 10.2 Å². The summed E-state index contributed by atoms with van der Waals surface area (Å²) in [5.41, 5.74) is 1.30. The van der Waals surface area contributed by atoms with Gasteiger partial charge in [0.25, 0.3) is 11.8 Å². The lowest BCUT2D eigenvalue weighted by molar-refractivity contribution is 0.0281. The van der Waals surface area contributed by atoms with Crippen molar-refractivity contribution in [3.63, 3.8) is 0 Å². The minimum absolute atomic E-state index is 0.0832. The highest BCUT2D eigenvalue weighted by Gasteiger charge is 2.25. The van der Waals surface area contributed by atoms with E-state index in [1.807, 2.05) is 37.3 Å². The highest BCUT2D eigenvalue weighted by Crippen LogP contribution is 2.27. The summed E-state index contributed by atoms with van der Waals surface area (Å²) in [6.07, 6.45) is -0.124. The maximum absolute atomic E-state index is 13.5. The summed E-state index contributed by atoms with van der Waals surface area (Å²) in [6, 6.07) is 21.5. The van der Waals surface area contributed by atoms with E-state index >= 15 is 0 Å². The number of rotatable bonds is 5. The molecule has 0 radical (unpaired) electrons. The third-order valence-electron chi connectivity index (χ3n) is 6.56. The number of nitrogens with one attached hydrogen (secondary N) is 2. The van der Waals surface area contributed by atoms with E-state index in [2.05, 4.69) is 17.6 Å². The number of likely N-dealkylation sites (N-methyl/N-ethyl adjacent to an activating group) is 1. The maximum Gasteiger partial charge on any atom is 0.257 e. The molecule has 0 fully saturated rings.